The molecule has 31 heavy (non-hydrogen) atoms. The molecule has 9 heteroatoms. The van der Waals surface area contributed by atoms with Crippen LogP contribution < -0.4 is 5.32 Å². The molecule has 7 nitrogen and oxygen atoms in total. The molecule has 0 radical (unpaired) electrons. The molecule has 1 aromatic heterocycles. The van der Waals surface area contributed by atoms with Gasteiger partial charge >= 0.3 is 0 Å². The third-order valence-corrected chi connectivity index (χ3v) is 5.62. The van der Waals surface area contributed by atoms with Crippen molar-refractivity contribution >= 4 is 17.6 Å². The van der Waals surface area contributed by atoms with E-state index in [0.717, 1.165) is 63.0 Å². The number of rotatable bonds is 8. The highest BCUT2D eigenvalue weighted by atomic mass is 35.5. The van der Waals surface area contributed by atoms with Gasteiger partial charge in [0.1, 0.15) is 18.0 Å². The maximum Gasteiger partial charge on any atom is 0.194 e. The van der Waals surface area contributed by atoms with Crippen LogP contribution in [-0.2, 0) is 19.5 Å². The number of aliphatic imine (C=N–C) groups is 1. The molecule has 1 aromatic carbocycles. The summed E-state index contributed by atoms with van der Waals surface area (Å²) >= 11 is 6.19. The minimum atomic E-state index is -0.249. The second-order valence-corrected chi connectivity index (χ2v) is 8.19. The molecule has 3 rings (SSSR count). The molecule has 0 saturated carbocycles. The molecule has 2 heterocycles. The van der Waals surface area contributed by atoms with E-state index in [-0.39, 0.29) is 5.82 Å². The minimum Gasteiger partial charge on any atom is -0.354 e. The number of hydrogen-bond acceptors (Lipinski definition) is 4. The fraction of sp³-hybridized carbons (Fsp3) is 0.500. The summed E-state index contributed by atoms with van der Waals surface area (Å²) in [6, 6.07) is 4.84. The predicted octanol–water partition coefficient (Wildman–Crippen LogP) is 2.97. The summed E-state index contributed by atoms with van der Waals surface area (Å²) in [7, 11) is 0. The van der Waals surface area contributed by atoms with Gasteiger partial charge in [-0.05, 0) is 19.1 Å². The zero-order valence-electron chi connectivity index (χ0n) is 18.3. The molecule has 0 unspecified atom stereocenters. The van der Waals surface area contributed by atoms with Crippen molar-refractivity contribution in [3.8, 4) is 0 Å². The second kappa shape index (κ2) is 11.2. The number of halogens is 2. The van der Waals surface area contributed by atoms with Gasteiger partial charge < -0.3 is 14.8 Å². The van der Waals surface area contributed by atoms with Gasteiger partial charge in [-0.3, -0.25) is 4.90 Å². The van der Waals surface area contributed by atoms with Gasteiger partial charge in [-0.1, -0.05) is 36.7 Å². The first kappa shape index (κ1) is 23.2. The van der Waals surface area contributed by atoms with Crippen molar-refractivity contribution < 1.29 is 4.39 Å². The smallest absolute Gasteiger partial charge is 0.194 e. The molecule has 1 fully saturated rings. The van der Waals surface area contributed by atoms with E-state index in [1.54, 1.807) is 18.5 Å². The van der Waals surface area contributed by atoms with Crippen LogP contribution in [0.5, 0.6) is 0 Å². The maximum absolute atomic E-state index is 14.1. The SMILES string of the molecule is C=C(C)CN=C(NCCn1cnnc1CC)N1CCN(Cc2c(F)cccc2Cl)CC1. The predicted molar refractivity (Wildman–Crippen MR) is 123 cm³/mol. The Labute approximate surface area is 188 Å². The third-order valence-electron chi connectivity index (χ3n) is 5.26. The molecule has 0 atom stereocenters. The molecule has 0 amide bonds. The van der Waals surface area contributed by atoms with Gasteiger partial charge in [0.15, 0.2) is 5.96 Å². The summed E-state index contributed by atoms with van der Waals surface area (Å²) in [6.07, 6.45) is 2.61. The quantitative estimate of drug-likeness (QED) is 0.383. The van der Waals surface area contributed by atoms with E-state index in [1.165, 1.54) is 6.07 Å². The Morgan fingerprint density at radius 2 is 2.06 bits per heavy atom. The van der Waals surface area contributed by atoms with Crippen molar-refractivity contribution in [3.05, 3.63) is 58.9 Å². The van der Waals surface area contributed by atoms with E-state index < -0.39 is 0 Å². The molecule has 1 aliphatic heterocycles. The first-order valence-electron chi connectivity index (χ1n) is 10.7. The van der Waals surface area contributed by atoms with Gasteiger partial charge in [0, 0.05) is 62.8 Å². The highest BCUT2D eigenvalue weighted by Gasteiger charge is 2.21. The van der Waals surface area contributed by atoms with E-state index in [1.807, 2.05) is 6.92 Å². The molecule has 1 N–H and O–H groups in total. The van der Waals surface area contributed by atoms with E-state index in [9.17, 15) is 4.39 Å². The Morgan fingerprint density at radius 1 is 1.29 bits per heavy atom. The van der Waals surface area contributed by atoms with Crippen LogP contribution in [-0.4, -0.2) is 69.8 Å². The molecule has 0 bridgehead atoms. The van der Waals surface area contributed by atoms with Crippen molar-refractivity contribution in [2.75, 3.05) is 39.3 Å². The van der Waals surface area contributed by atoms with Crippen LogP contribution in [0.4, 0.5) is 4.39 Å². The van der Waals surface area contributed by atoms with E-state index in [4.69, 9.17) is 16.6 Å². The van der Waals surface area contributed by atoms with Crippen LogP contribution in [0.1, 0.15) is 25.2 Å². The van der Waals surface area contributed by atoms with Gasteiger partial charge in [0.2, 0.25) is 0 Å². The van der Waals surface area contributed by atoms with Crippen LogP contribution in [0.25, 0.3) is 0 Å². The zero-order chi connectivity index (χ0) is 22.2. The largest absolute Gasteiger partial charge is 0.354 e. The molecule has 1 saturated heterocycles. The van der Waals surface area contributed by atoms with Gasteiger partial charge in [0.25, 0.3) is 0 Å². The summed E-state index contributed by atoms with van der Waals surface area (Å²) in [5.74, 6) is 1.60. The van der Waals surface area contributed by atoms with Crippen LogP contribution >= 0.6 is 11.6 Å². The van der Waals surface area contributed by atoms with E-state index >= 15 is 0 Å². The number of nitrogens with zero attached hydrogens (tertiary/aromatic N) is 6. The minimum absolute atomic E-state index is 0.249. The third kappa shape index (κ3) is 6.51. The van der Waals surface area contributed by atoms with Crippen molar-refractivity contribution in [2.45, 2.75) is 33.4 Å². The summed E-state index contributed by atoms with van der Waals surface area (Å²) in [5, 5.41) is 12.1. The van der Waals surface area contributed by atoms with Gasteiger partial charge in [-0.2, -0.15) is 0 Å². The first-order valence-corrected chi connectivity index (χ1v) is 11.0. The topological polar surface area (TPSA) is 61.6 Å². The number of aryl methyl sites for hydroxylation is 1. The second-order valence-electron chi connectivity index (χ2n) is 7.78. The van der Waals surface area contributed by atoms with Crippen molar-refractivity contribution in [2.24, 2.45) is 4.99 Å². The standard InChI is InChI=1S/C22H31ClFN7/c1-4-21-28-27-16-31(21)9-8-25-22(26-14-17(2)3)30-12-10-29(11-13-30)15-18-19(23)6-5-7-20(18)24/h5-7,16H,2,4,8-15H2,1,3H3,(H,25,26). The molecule has 0 spiro atoms. The fourth-order valence-corrected chi connectivity index (χ4v) is 3.75. The van der Waals surface area contributed by atoms with Crippen LogP contribution in [0, 0.1) is 5.82 Å². The number of hydrogen-bond donors (Lipinski definition) is 1. The monoisotopic (exact) mass is 447 g/mol. The van der Waals surface area contributed by atoms with Crippen LogP contribution in [0.15, 0.2) is 41.7 Å². The number of guanidine groups is 1. The zero-order valence-corrected chi connectivity index (χ0v) is 19.1. The first-order chi connectivity index (χ1) is 15.0. The fourth-order valence-electron chi connectivity index (χ4n) is 3.53. The Balaban J connectivity index is 1.56. The highest BCUT2D eigenvalue weighted by Crippen LogP contribution is 2.21. The summed E-state index contributed by atoms with van der Waals surface area (Å²) in [4.78, 5) is 9.21. The molecule has 0 aliphatic carbocycles. The Morgan fingerprint density at radius 3 is 2.74 bits per heavy atom. The summed E-state index contributed by atoms with van der Waals surface area (Å²) < 4.78 is 16.2. The molecule has 2 aromatic rings. The van der Waals surface area contributed by atoms with Gasteiger partial charge in [-0.15, -0.1) is 10.2 Å². The van der Waals surface area contributed by atoms with Crippen molar-refractivity contribution in [1.29, 1.82) is 0 Å². The average molecular weight is 448 g/mol. The Hall–Kier alpha value is -2.45. The Bertz CT molecular complexity index is 883. The van der Waals surface area contributed by atoms with Gasteiger partial charge in [-0.25, -0.2) is 9.38 Å². The summed E-state index contributed by atoms with van der Waals surface area (Å²) in [5.41, 5.74) is 1.58. The number of piperazine rings is 1. The normalized spacial score (nSPS) is 15.4. The lowest BCUT2D eigenvalue weighted by Crippen LogP contribution is -2.52. The molecular formula is C22H31ClFN7. The van der Waals surface area contributed by atoms with Crippen molar-refractivity contribution in [1.82, 2.24) is 29.9 Å². The number of aromatic nitrogens is 3. The van der Waals surface area contributed by atoms with Crippen molar-refractivity contribution in [3.63, 3.8) is 0 Å². The van der Waals surface area contributed by atoms with Gasteiger partial charge in [0.05, 0.1) is 6.54 Å². The summed E-state index contributed by atoms with van der Waals surface area (Å²) in [6.45, 7) is 13.8. The lowest BCUT2D eigenvalue weighted by molar-refractivity contribution is 0.171. The van der Waals surface area contributed by atoms with E-state index in [0.29, 0.717) is 23.7 Å². The highest BCUT2D eigenvalue weighted by molar-refractivity contribution is 6.31. The molecule has 168 valence electrons. The molecule has 1 aliphatic rings. The maximum atomic E-state index is 14.1. The lowest BCUT2D eigenvalue weighted by Gasteiger charge is -2.36. The Kier molecular flexibility index (Phi) is 8.43. The van der Waals surface area contributed by atoms with Crippen LogP contribution in [0.3, 0.4) is 0 Å². The lowest BCUT2D eigenvalue weighted by atomic mass is 10.2. The average Bonchev–Trinajstić information content (AvgIpc) is 3.21. The number of nitrogens with one attached hydrogen (secondary N) is 1. The van der Waals surface area contributed by atoms with E-state index in [2.05, 4.69) is 43.4 Å². The number of benzene rings is 1. The van der Waals surface area contributed by atoms with Crippen LogP contribution in [0.2, 0.25) is 5.02 Å². The molecular weight excluding hydrogens is 417 g/mol.